The molecule has 2 aromatic rings. The van der Waals surface area contributed by atoms with E-state index in [9.17, 15) is 4.39 Å². The van der Waals surface area contributed by atoms with Gasteiger partial charge in [0, 0.05) is 11.1 Å². The molecular weight excluding hydrogens is 285 g/mol. The maximum atomic E-state index is 13.9. The van der Waals surface area contributed by atoms with Gasteiger partial charge in [-0.25, -0.2) is 4.39 Å². The van der Waals surface area contributed by atoms with Crippen molar-refractivity contribution in [2.75, 3.05) is 6.54 Å². The first-order valence-electron chi connectivity index (χ1n) is 7.31. The van der Waals surface area contributed by atoms with Gasteiger partial charge in [0.05, 0.1) is 0 Å². The van der Waals surface area contributed by atoms with Crippen molar-refractivity contribution in [1.82, 2.24) is 5.32 Å². The van der Waals surface area contributed by atoms with E-state index in [-0.39, 0.29) is 11.9 Å². The Morgan fingerprint density at radius 2 is 1.81 bits per heavy atom. The molecule has 1 atom stereocenters. The highest BCUT2D eigenvalue weighted by Crippen LogP contribution is 2.17. The molecule has 1 unspecified atom stereocenters. The fourth-order valence-corrected chi connectivity index (χ4v) is 2.63. The number of likely N-dealkylation sites (N-methyl/N-ethyl adjacent to an activating group) is 1. The van der Waals surface area contributed by atoms with Crippen molar-refractivity contribution < 1.29 is 4.39 Å². The minimum absolute atomic E-state index is 0.216. The number of rotatable bonds is 6. The quantitative estimate of drug-likeness (QED) is 0.825. The zero-order valence-electron chi connectivity index (χ0n) is 12.5. The third-order valence-electron chi connectivity index (χ3n) is 3.58. The Kier molecular flexibility index (Phi) is 5.77. The van der Waals surface area contributed by atoms with Crippen molar-refractivity contribution in [3.8, 4) is 0 Å². The molecule has 1 N–H and O–H groups in total. The van der Waals surface area contributed by atoms with Crippen molar-refractivity contribution in [2.45, 2.75) is 32.7 Å². The molecule has 0 amide bonds. The Morgan fingerprint density at radius 1 is 1.10 bits per heavy atom. The maximum absolute atomic E-state index is 13.9. The third-order valence-corrected chi connectivity index (χ3v) is 3.81. The van der Waals surface area contributed by atoms with Gasteiger partial charge in [-0.1, -0.05) is 54.4 Å². The predicted molar refractivity (Wildman–Crippen MR) is 87.5 cm³/mol. The SMILES string of the molecule is CCNC(Cc1ccc(C)cc1)Cc1ccc(Cl)cc1F. The molecule has 0 saturated heterocycles. The van der Waals surface area contributed by atoms with Gasteiger partial charge in [-0.2, -0.15) is 0 Å². The summed E-state index contributed by atoms with van der Waals surface area (Å²) in [6.07, 6.45) is 1.54. The van der Waals surface area contributed by atoms with E-state index in [4.69, 9.17) is 11.6 Å². The highest BCUT2D eigenvalue weighted by Gasteiger charge is 2.12. The first kappa shape index (κ1) is 16.0. The summed E-state index contributed by atoms with van der Waals surface area (Å²) in [5.74, 6) is -0.227. The number of hydrogen-bond acceptors (Lipinski definition) is 1. The van der Waals surface area contributed by atoms with Gasteiger partial charge in [0.2, 0.25) is 0 Å². The zero-order chi connectivity index (χ0) is 15.2. The molecule has 21 heavy (non-hydrogen) atoms. The monoisotopic (exact) mass is 305 g/mol. The molecule has 0 heterocycles. The lowest BCUT2D eigenvalue weighted by molar-refractivity contribution is 0.506. The van der Waals surface area contributed by atoms with Crippen LogP contribution in [0.3, 0.4) is 0 Å². The van der Waals surface area contributed by atoms with Crippen LogP contribution in [0.15, 0.2) is 42.5 Å². The normalized spacial score (nSPS) is 12.4. The number of hydrogen-bond donors (Lipinski definition) is 1. The van der Waals surface area contributed by atoms with Crippen LogP contribution in [0.1, 0.15) is 23.6 Å². The van der Waals surface area contributed by atoms with E-state index in [1.165, 1.54) is 17.2 Å². The summed E-state index contributed by atoms with van der Waals surface area (Å²) >= 11 is 5.80. The Bertz CT molecular complexity index is 580. The predicted octanol–water partition coefficient (Wildman–Crippen LogP) is 4.55. The summed E-state index contributed by atoms with van der Waals surface area (Å²) in [6, 6.07) is 13.6. The van der Waals surface area contributed by atoms with E-state index in [1.807, 2.05) is 0 Å². The number of halogens is 2. The van der Waals surface area contributed by atoms with E-state index in [2.05, 4.69) is 43.4 Å². The summed E-state index contributed by atoms with van der Waals surface area (Å²) in [7, 11) is 0. The highest BCUT2D eigenvalue weighted by atomic mass is 35.5. The van der Waals surface area contributed by atoms with Gasteiger partial charge in [0.15, 0.2) is 0 Å². The van der Waals surface area contributed by atoms with Crippen molar-refractivity contribution in [1.29, 1.82) is 0 Å². The molecule has 2 aromatic carbocycles. The molecule has 0 aliphatic rings. The molecule has 0 aliphatic carbocycles. The van der Waals surface area contributed by atoms with Gasteiger partial charge in [-0.3, -0.25) is 0 Å². The summed E-state index contributed by atoms with van der Waals surface area (Å²) < 4.78 is 13.9. The van der Waals surface area contributed by atoms with Gasteiger partial charge in [-0.05, 0) is 49.6 Å². The third kappa shape index (κ3) is 4.83. The van der Waals surface area contributed by atoms with Crippen LogP contribution in [0.25, 0.3) is 0 Å². The van der Waals surface area contributed by atoms with Crippen LogP contribution in [0, 0.1) is 12.7 Å². The lowest BCUT2D eigenvalue weighted by Crippen LogP contribution is -2.33. The smallest absolute Gasteiger partial charge is 0.127 e. The molecule has 0 aliphatic heterocycles. The van der Waals surface area contributed by atoms with Crippen LogP contribution in [-0.2, 0) is 12.8 Å². The Balaban J connectivity index is 2.09. The van der Waals surface area contributed by atoms with Crippen LogP contribution in [-0.4, -0.2) is 12.6 Å². The second-order valence-corrected chi connectivity index (χ2v) is 5.82. The van der Waals surface area contributed by atoms with Crippen molar-refractivity contribution in [3.05, 3.63) is 70.0 Å². The van der Waals surface area contributed by atoms with Crippen LogP contribution in [0.2, 0.25) is 5.02 Å². The van der Waals surface area contributed by atoms with Gasteiger partial charge < -0.3 is 5.32 Å². The lowest BCUT2D eigenvalue weighted by Gasteiger charge is -2.18. The first-order chi connectivity index (χ1) is 10.1. The van der Waals surface area contributed by atoms with Crippen LogP contribution < -0.4 is 5.32 Å². The molecule has 0 spiro atoms. The van der Waals surface area contributed by atoms with Gasteiger partial charge in [0.25, 0.3) is 0 Å². The summed E-state index contributed by atoms with van der Waals surface area (Å²) in [5, 5.41) is 3.88. The molecule has 1 nitrogen and oxygen atoms in total. The average Bonchev–Trinajstić information content (AvgIpc) is 2.44. The molecule has 0 aromatic heterocycles. The first-order valence-corrected chi connectivity index (χ1v) is 7.69. The molecule has 0 saturated carbocycles. The Hall–Kier alpha value is -1.38. The Morgan fingerprint density at radius 3 is 2.43 bits per heavy atom. The summed E-state index contributed by atoms with van der Waals surface area (Å²) in [4.78, 5) is 0. The van der Waals surface area contributed by atoms with E-state index in [0.29, 0.717) is 17.0 Å². The fraction of sp³-hybridized carbons (Fsp3) is 0.333. The van der Waals surface area contributed by atoms with Crippen LogP contribution in [0.4, 0.5) is 4.39 Å². The number of aryl methyl sites for hydroxylation is 1. The van der Waals surface area contributed by atoms with Crippen molar-refractivity contribution in [2.24, 2.45) is 0 Å². The van der Waals surface area contributed by atoms with Crippen LogP contribution in [0.5, 0.6) is 0 Å². The van der Waals surface area contributed by atoms with Gasteiger partial charge in [0.1, 0.15) is 5.82 Å². The van der Waals surface area contributed by atoms with Crippen molar-refractivity contribution in [3.63, 3.8) is 0 Å². The van der Waals surface area contributed by atoms with E-state index < -0.39 is 0 Å². The summed E-state index contributed by atoms with van der Waals surface area (Å²) in [5.41, 5.74) is 3.22. The van der Waals surface area contributed by atoms with E-state index in [0.717, 1.165) is 13.0 Å². The summed E-state index contributed by atoms with van der Waals surface area (Å²) in [6.45, 7) is 5.01. The number of benzene rings is 2. The average molecular weight is 306 g/mol. The minimum Gasteiger partial charge on any atom is -0.314 e. The molecule has 112 valence electrons. The molecule has 3 heteroatoms. The molecular formula is C18H21ClFN. The van der Waals surface area contributed by atoms with Crippen molar-refractivity contribution >= 4 is 11.6 Å². The largest absolute Gasteiger partial charge is 0.314 e. The van der Waals surface area contributed by atoms with Crippen LogP contribution >= 0.6 is 11.6 Å². The molecule has 0 fully saturated rings. The second-order valence-electron chi connectivity index (χ2n) is 5.38. The standard InChI is InChI=1S/C18H21ClFN/c1-3-21-17(10-14-6-4-13(2)5-7-14)11-15-8-9-16(19)12-18(15)20/h4-9,12,17,21H,3,10-11H2,1-2H3. The maximum Gasteiger partial charge on any atom is 0.127 e. The zero-order valence-corrected chi connectivity index (χ0v) is 13.3. The highest BCUT2D eigenvalue weighted by molar-refractivity contribution is 6.30. The molecule has 0 radical (unpaired) electrons. The second kappa shape index (κ2) is 7.58. The fourth-order valence-electron chi connectivity index (χ4n) is 2.47. The molecule has 2 rings (SSSR count). The van der Waals surface area contributed by atoms with Gasteiger partial charge in [-0.15, -0.1) is 0 Å². The van der Waals surface area contributed by atoms with Gasteiger partial charge >= 0.3 is 0 Å². The Labute approximate surface area is 131 Å². The number of nitrogens with one attached hydrogen (secondary N) is 1. The minimum atomic E-state index is -0.227. The van der Waals surface area contributed by atoms with E-state index in [1.54, 1.807) is 12.1 Å². The topological polar surface area (TPSA) is 12.0 Å². The lowest BCUT2D eigenvalue weighted by atomic mass is 9.98. The molecule has 0 bridgehead atoms. The van der Waals surface area contributed by atoms with E-state index >= 15 is 0 Å².